The smallest absolute Gasteiger partial charge is 0.187 e. The van der Waals surface area contributed by atoms with Crippen molar-refractivity contribution in [3.8, 4) is 0 Å². The molecule has 0 radical (unpaired) electrons. The van der Waals surface area contributed by atoms with Gasteiger partial charge in [-0.25, -0.2) is 4.21 Å². The third-order valence-corrected chi connectivity index (χ3v) is 2.93. The Labute approximate surface area is 79.7 Å². The summed E-state index contributed by atoms with van der Waals surface area (Å²) in [6.07, 6.45) is 1.22. The monoisotopic (exact) mass is 198 g/mol. The highest BCUT2D eigenvalue weighted by molar-refractivity contribution is 7.88. The number of hydrogen-bond acceptors (Lipinski definition) is 1. The zero-order valence-corrected chi connectivity index (χ0v) is 8.40. The third kappa shape index (κ3) is 2.49. The molecule has 13 heavy (non-hydrogen) atoms. The van der Waals surface area contributed by atoms with Gasteiger partial charge < -0.3 is 0 Å². The highest BCUT2D eigenvalue weighted by atomic mass is 32.2. The van der Waals surface area contributed by atoms with Gasteiger partial charge in [0.2, 0.25) is 0 Å². The lowest BCUT2D eigenvalue weighted by Gasteiger charge is -1.98. The van der Waals surface area contributed by atoms with E-state index in [4.69, 9.17) is 0 Å². The van der Waals surface area contributed by atoms with Crippen LogP contribution in [0.4, 0.5) is 4.39 Å². The quantitative estimate of drug-likeness (QED) is 0.714. The van der Waals surface area contributed by atoms with E-state index >= 15 is 0 Å². The van der Waals surface area contributed by atoms with E-state index in [0.29, 0.717) is 4.90 Å². The second kappa shape index (κ2) is 4.33. The Balaban J connectivity index is 2.97. The van der Waals surface area contributed by atoms with Crippen molar-refractivity contribution >= 4 is 10.8 Å². The van der Waals surface area contributed by atoms with Crippen LogP contribution >= 0.6 is 0 Å². The van der Waals surface area contributed by atoms with Crippen LogP contribution in [0, 0.1) is 6.92 Å². The van der Waals surface area contributed by atoms with Crippen molar-refractivity contribution in [1.29, 1.82) is 0 Å². The Kier molecular flexibility index (Phi) is 3.37. The number of halogens is 1. The molecule has 0 aromatic heterocycles. The van der Waals surface area contributed by atoms with Crippen LogP contribution in [0.2, 0.25) is 0 Å². The summed E-state index contributed by atoms with van der Waals surface area (Å²) < 4.78 is 24.2. The lowest BCUT2D eigenvalue weighted by atomic mass is 10.2. The van der Waals surface area contributed by atoms with Crippen LogP contribution in [-0.2, 0) is 10.8 Å². The van der Waals surface area contributed by atoms with Gasteiger partial charge in [0.1, 0.15) is 10.8 Å². The van der Waals surface area contributed by atoms with Gasteiger partial charge in [0.15, 0.2) is 5.16 Å². The molecule has 70 valence electrons. The van der Waals surface area contributed by atoms with Crippen molar-refractivity contribution in [1.82, 2.24) is 0 Å². The fourth-order valence-corrected chi connectivity index (χ4v) is 1.70. The van der Waals surface area contributed by atoms with Gasteiger partial charge >= 0.3 is 0 Å². The maximum atomic E-state index is 12.9. The average Bonchev–Trinajstić information content (AvgIpc) is 2.17. The van der Waals surface area contributed by atoms with Gasteiger partial charge in [0.05, 0.1) is 0 Å². The molecule has 0 saturated heterocycles. The van der Waals surface area contributed by atoms with E-state index in [0.717, 1.165) is 5.56 Å². The fraction of sp³-hybridized carbons (Fsp3) is 0.200. The largest absolute Gasteiger partial charge is 0.247 e. The van der Waals surface area contributed by atoms with Crippen LogP contribution in [0.15, 0.2) is 40.4 Å². The molecule has 1 atom stereocenters. The zero-order chi connectivity index (χ0) is 9.84. The summed E-state index contributed by atoms with van der Waals surface area (Å²) >= 11 is 0. The van der Waals surface area contributed by atoms with Gasteiger partial charge in [0, 0.05) is 4.90 Å². The molecule has 1 aromatic carbocycles. The highest BCUT2D eigenvalue weighted by Gasteiger charge is 2.07. The first-order valence-electron chi connectivity index (χ1n) is 3.95. The van der Waals surface area contributed by atoms with Crippen LogP contribution in [0.5, 0.6) is 0 Å². The fourth-order valence-electron chi connectivity index (χ4n) is 0.881. The zero-order valence-electron chi connectivity index (χ0n) is 7.58. The number of aryl methyl sites for hydroxylation is 1. The minimum atomic E-state index is -1.64. The topological polar surface area (TPSA) is 17.1 Å². The number of hydrogen-bond donors (Lipinski definition) is 0. The molecule has 0 spiro atoms. The maximum absolute atomic E-state index is 12.9. The minimum absolute atomic E-state index is 0.501. The molecule has 1 aromatic rings. The molecule has 0 aliphatic carbocycles. The second-order valence-corrected chi connectivity index (χ2v) is 4.07. The molecular weight excluding hydrogens is 187 g/mol. The van der Waals surface area contributed by atoms with Crippen molar-refractivity contribution in [3.63, 3.8) is 0 Å². The first-order chi connectivity index (χ1) is 6.15. The Morgan fingerprint density at radius 2 is 1.92 bits per heavy atom. The highest BCUT2D eigenvalue weighted by Crippen LogP contribution is 2.15. The molecule has 1 unspecified atom stereocenters. The van der Waals surface area contributed by atoms with Gasteiger partial charge in [-0.2, -0.15) is 4.39 Å². The molecule has 0 N–H and O–H groups in total. The SMILES string of the molecule is C/C=C(\F)S(=O)c1ccc(C)cc1. The van der Waals surface area contributed by atoms with Crippen molar-refractivity contribution < 1.29 is 8.60 Å². The molecule has 0 bridgehead atoms. The predicted octanol–water partition coefficient (Wildman–Crippen LogP) is 2.93. The molecule has 0 aliphatic heterocycles. The van der Waals surface area contributed by atoms with Crippen LogP contribution < -0.4 is 0 Å². The minimum Gasteiger partial charge on any atom is -0.247 e. The Bertz CT molecular complexity index is 340. The van der Waals surface area contributed by atoms with E-state index in [1.165, 1.54) is 13.0 Å². The van der Waals surface area contributed by atoms with Crippen molar-refractivity contribution in [2.24, 2.45) is 0 Å². The molecule has 1 nitrogen and oxygen atoms in total. The molecular formula is C10H11FOS. The van der Waals surface area contributed by atoms with Crippen molar-refractivity contribution in [2.45, 2.75) is 18.7 Å². The van der Waals surface area contributed by atoms with E-state index in [1.54, 1.807) is 12.1 Å². The lowest BCUT2D eigenvalue weighted by Crippen LogP contribution is -1.91. The van der Waals surface area contributed by atoms with Gasteiger partial charge in [-0.15, -0.1) is 0 Å². The van der Waals surface area contributed by atoms with Crippen LogP contribution in [0.3, 0.4) is 0 Å². The van der Waals surface area contributed by atoms with Gasteiger partial charge in [0.25, 0.3) is 0 Å². The molecule has 1 rings (SSSR count). The summed E-state index contributed by atoms with van der Waals surface area (Å²) in [6.45, 7) is 3.46. The Morgan fingerprint density at radius 1 is 1.38 bits per heavy atom. The summed E-state index contributed by atoms with van der Waals surface area (Å²) in [6, 6.07) is 6.98. The summed E-state index contributed by atoms with van der Waals surface area (Å²) in [7, 11) is -1.64. The molecule has 0 heterocycles. The number of benzene rings is 1. The van der Waals surface area contributed by atoms with Gasteiger partial charge in [-0.3, -0.25) is 0 Å². The lowest BCUT2D eigenvalue weighted by molar-refractivity contribution is 0.649. The molecule has 0 fully saturated rings. The maximum Gasteiger partial charge on any atom is 0.187 e. The standard InChI is InChI=1S/C10H11FOS/c1-3-10(11)13(12)9-6-4-8(2)5-7-9/h3-7H,1-2H3/b10-3+. The van der Waals surface area contributed by atoms with Gasteiger partial charge in [-0.1, -0.05) is 17.7 Å². The molecule has 0 saturated carbocycles. The summed E-state index contributed by atoms with van der Waals surface area (Å²) in [5.74, 6) is 0. The van der Waals surface area contributed by atoms with Crippen molar-refractivity contribution in [2.75, 3.05) is 0 Å². The first-order valence-corrected chi connectivity index (χ1v) is 5.10. The second-order valence-electron chi connectivity index (χ2n) is 2.67. The summed E-state index contributed by atoms with van der Waals surface area (Å²) in [5, 5.41) is -0.594. The van der Waals surface area contributed by atoms with Crippen LogP contribution in [0.25, 0.3) is 0 Å². The van der Waals surface area contributed by atoms with Gasteiger partial charge in [-0.05, 0) is 32.1 Å². The normalized spacial score (nSPS) is 14.2. The molecule has 0 amide bonds. The summed E-state index contributed by atoms with van der Waals surface area (Å²) in [4.78, 5) is 0.501. The predicted molar refractivity (Wildman–Crippen MR) is 52.5 cm³/mol. The molecule has 0 aliphatic rings. The number of allylic oxidation sites excluding steroid dienone is 1. The summed E-state index contributed by atoms with van der Waals surface area (Å²) in [5.41, 5.74) is 1.07. The van der Waals surface area contributed by atoms with E-state index in [1.807, 2.05) is 19.1 Å². The van der Waals surface area contributed by atoms with E-state index in [-0.39, 0.29) is 0 Å². The third-order valence-electron chi connectivity index (χ3n) is 1.64. The Hall–Kier alpha value is -0.960. The van der Waals surface area contributed by atoms with Crippen LogP contribution in [-0.4, -0.2) is 4.21 Å². The Morgan fingerprint density at radius 3 is 2.38 bits per heavy atom. The average molecular weight is 198 g/mol. The van der Waals surface area contributed by atoms with Crippen molar-refractivity contribution in [3.05, 3.63) is 41.1 Å². The molecule has 3 heteroatoms. The van der Waals surface area contributed by atoms with E-state index < -0.39 is 16.0 Å². The van der Waals surface area contributed by atoms with E-state index in [9.17, 15) is 8.60 Å². The van der Waals surface area contributed by atoms with E-state index in [2.05, 4.69) is 0 Å². The first kappa shape index (κ1) is 10.1. The van der Waals surface area contributed by atoms with Crippen LogP contribution in [0.1, 0.15) is 12.5 Å². The number of rotatable bonds is 2.